The molecule has 0 spiro atoms. The zero-order chi connectivity index (χ0) is 12.3. The van der Waals surface area contributed by atoms with Crippen molar-refractivity contribution in [2.45, 2.75) is 46.6 Å². The summed E-state index contributed by atoms with van der Waals surface area (Å²) in [5.41, 5.74) is 14.4. The minimum absolute atomic E-state index is 0.145. The minimum atomic E-state index is 0.145. The first kappa shape index (κ1) is 13.0. The first-order valence-electron chi connectivity index (χ1n) is 5.77. The van der Waals surface area contributed by atoms with Crippen LogP contribution >= 0.6 is 0 Å². The van der Waals surface area contributed by atoms with Gasteiger partial charge >= 0.3 is 0 Å². The summed E-state index contributed by atoms with van der Waals surface area (Å²) in [6, 6.07) is 2.28. The van der Waals surface area contributed by atoms with Crippen LogP contribution in [-0.2, 0) is 6.42 Å². The zero-order valence-corrected chi connectivity index (χ0v) is 10.7. The van der Waals surface area contributed by atoms with Crippen molar-refractivity contribution in [2.75, 3.05) is 5.73 Å². The lowest BCUT2D eigenvalue weighted by molar-refractivity contribution is 0.306. The van der Waals surface area contributed by atoms with Gasteiger partial charge in [0.1, 0.15) is 5.82 Å². The monoisotopic (exact) mass is 221 g/mol. The Morgan fingerprint density at radius 3 is 2.56 bits per heavy atom. The Hall–Kier alpha value is -1.09. The highest BCUT2D eigenvalue weighted by Crippen LogP contribution is 2.22. The summed E-state index contributed by atoms with van der Waals surface area (Å²) in [6.07, 6.45) is 3.64. The quantitative estimate of drug-likeness (QED) is 0.823. The van der Waals surface area contributed by atoms with Crippen molar-refractivity contribution in [1.29, 1.82) is 0 Å². The standard InChI is InChI=1S/C13H23N3/c1-9-7-10(12(15)16-8-9)5-6-11(14)13(2,3)4/h7-8,11H,5-6,14H2,1-4H3,(H2,15,16). The largest absolute Gasteiger partial charge is 0.383 e. The molecule has 1 atom stereocenters. The molecule has 1 aromatic heterocycles. The van der Waals surface area contributed by atoms with Crippen molar-refractivity contribution < 1.29 is 0 Å². The third-order valence-corrected chi connectivity index (χ3v) is 2.98. The summed E-state index contributed by atoms with van der Waals surface area (Å²) in [5.74, 6) is 0.631. The van der Waals surface area contributed by atoms with E-state index in [4.69, 9.17) is 11.5 Å². The van der Waals surface area contributed by atoms with E-state index in [0.717, 1.165) is 24.0 Å². The molecule has 0 aromatic carbocycles. The lowest BCUT2D eigenvalue weighted by atomic mass is 9.84. The molecule has 0 saturated heterocycles. The smallest absolute Gasteiger partial charge is 0.126 e. The number of hydrogen-bond acceptors (Lipinski definition) is 3. The Morgan fingerprint density at radius 2 is 2.00 bits per heavy atom. The van der Waals surface area contributed by atoms with Crippen LogP contribution in [-0.4, -0.2) is 11.0 Å². The van der Waals surface area contributed by atoms with Crippen molar-refractivity contribution in [2.24, 2.45) is 11.1 Å². The number of nitrogens with zero attached hydrogens (tertiary/aromatic N) is 1. The number of nitrogen functional groups attached to an aromatic ring is 1. The molecule has 0 aliphatic carbocycles. The molecule has 4 N–H and O–H groups in total. The molecule has 1 heterocycles. The van der Waals surface area contributed by atoms with Gasteiger partial charge in [-0.2, -0.15) is 0 Å². The molecule has 0 aliphatic rings. The molecule has 3 heteroatoms. The molecule has 1 unspecified atom stereocenters. The Kier molecular flexibility index (Phi) is 3.92. The topological polar surface area (TPSA) is 64.9 Å². The summed E-state index contributed by atoms with van der Waals surface area (Å²) in [5, 5.41) is 0. The second kappa shape index (κ2) is 4.83. The maximum absolute atomic E-state index is 6.13. The Labute approximate surface area is 98.3 Å². The zero-order valence-electron chi connectivity index (χ0n) is 10.7. The Balaban J connectivity index is 2.64. The summed E-state index contributed by atoms with van der Waals surface area (Å²) in [4.78, 5) is 4.16. The number of aryl methyl sites for hydroxylation is 2. The summed E-state index contributed by atoms with van der Waals surface area (Å²) >= 11 is 0. The average Bonchev–Trinajstić information content (AvgIpc) is 2.17. The van der Waals surface area contributed by atoms with Crippen LogP contribution in [0.4, 0.5) is 5.82 Å². The fourth-order valence-corrected chi connectivity index (χ4v) is 1.58. The summed E-state index contributed by atoms with van der Waals surface area (Å²) in [6.45, 7) is 8.51. The van der Waals surface area contributed by atoms with Gasteiger partial charge in [-0.25, -0.2) is 4.98 Å². The van der Waals surface area contributed by atoms with Crippen LogP contribution < -0.4 is 11.5 Å². The molecule has 0 bridgehead atoms. The van der Waals surface area contributed by atoms with Crippen molar-refractivity contribution in [3.63, 3.8) is 0 Å². The highest BCUT2D eigenvalue weighted by Gasteiger charge is 2.20. The van der Waals surface area contributed by atoms with Crippen LogP contribution in [0, 0.1) is 12.3 Å². The lowest BCUT2D eigenvalue weighted by Crippen LogP contribution is -2.35. The Morgan fingerprint density at radius 1 is 1.38 bits per heavy atom. The van der Waals surface area contributed by atoms with Gasteiger partial charge in [0.05, 0.1) is 0 Å². The van der Waals surface area contributed by atoms with E-state index in [1.807, 2.05) is 6.92 Å². The van der Waals surface area contributed by atoms with Crippen molar-refractivity contribution in [3.8, 4) is 0 Å². The van der Waals surface area contributed by atoms with Crippen molar-refractivity contribution in [3.05, 3.63) is 23.4 Å². The van der Waals surface area contributed by atoms with E-state index in [1.165, 1.54) is 0 Å². The molecule has 1 rings (SSSR count). The van der Waals surface area contributed by atoms with Crippen LogP contribution in [0.25, 0.3) is 0 Å². The molecule has 0 aliphatic heterocycles. The van der Waals surface area contributed by atoms with Crippen LogP contribution in [0.2, 0.25) is 0 Å². The third-order valence-electron chi connectivity index (χ3n) is 2.98. The number of rotatable bonds is 3. The SMILES string of the molecule is Cc1cnc(N)c(CCC(N)C(C)(C)C)c1. The van der Waals surface area contributed by atoms with Gasteiger partial charge in [-0.15, -0.1) is 0 Å². The van der Waals surface area contributed by atoms with Crippen LogP contribution in [0.1, 0.15) is 38.3 Å². The predicted octanol–water partition coefficient (Wildman–Crippen LogP) is 2.28. The van der Waals surface area contributed by atoms with E-state index in [1.54, 1.807) is 6.20 Å². The van der Waals surface area contributed by atoms with E-state index in [-0.39, 0.29) is 11.5 Å². The van der Waals surface area contributed by atoms with Gasteiger partial charge in [0, 0.05) is 12.2 Å². The normalized spacial score (nSPS) is 13.8. The third kappa shape index (κ3) is 3.49. The van der Waals surface area contributed by atoms with Crippen molar-refractivity contribution in [1.82, 2.24) is 4.98 Å². The van der Waals surface area contributed by atoms with Crippen LogP contribution in [0.15, 0.2) is 12.3 Å². The van der Waals surface area contributed by atoms with Gasteiger partial charge in [0.15, 0.2) is 0 Å². The molecule has 0 amide bonds. The minimum Gasteiger partial charge on any atom is -0.383 e. The molecular formula is C13H23N3. The van der Waals surface area contributed by atoms with E-state index in [9.17, 15) is 0 Å². The second-order valence-electron chi connectivity index (χ2n) is 5.57. The summed E-state index contributed by atoms with van der Waals surface area (Å²) in [7, 11) is 0. The van der Waals surface area contributed by atoms with E-state index >= 15 is 0 Å². The summed E-state index contributed by atoms with van der Waals surface area (Å²) < 4.78 is 0. The molecule has 0 saturated carbocycles. The fraction of sp³-hybridized carbons (Fsp3) is 0.615. The van der Waals surface area contributed by atoms with Gasteiger partial charge in [-0.3, -0.25) is 0 Å². The highest BCUT2D eigenvalue weighted by molar-refractivity contribution is 5.40. The first-order chi connectivity index (χ1) is 7.30. The Bertz CT molecular complexity index is 353. The number of aromatic nitrogens is 1. The molecular weight excluding hydrogens is 198 g/mol. The van der Waals surface area contributed by atoms with Gasteiger partial charge in [-0.05, 0) is 36.3 Å². The average molecular weight is 221 g/mol. The van der Waals surface area contributed by atoms with Gasteiger partial charge in [-0.1, -0.05) is 26.8 Å². The van der Waals surface area contributed by atoms with Gasteiger partial charge in [0.2, 0.25) is 0 Å². The van der Waals surface area contributed by atoms with E-state index < -0.39 is 0 Å². The predicted molar refractivity (Wildman–Crippen MR) is 69.1 cm³/mol. The van der Waals surface area contributed by atoms with Gasteiger partial charge in [0.25, 0.3) is 0 Å². The molecule has 1 aromatic rings. The molecule has 90 valence electrons. The molecule has 0 fully saturated rings. The highest BCUT2D eigenvalue weighted by atomic mass is 14.8. The van der Waals surface area contributed by atoms with E-state index in [2.05, 4.69) is 31.8 Å². The fourth-order valence-electron chi connectivity index (χ4n) is 1.58. The number of nitrogens with two attached hydrogens (primary N) is 2. The van der Waals surface area contributed by atoms with Crippen LogP contribution in [0.5, 0.6) is 0 Å². The van der Waals surface area contributed by atoms with Gasteiger partial charge < -0.3 is 11.5 Å². The molecule has 3 nitrogen and oxygen atoms in total. The maximum Gasteiger partial charge on any atom is 0.126 e. The molecule has 0 radical (unpaired) electrons. The second-order valence-corrected chi connectivity index (χ2v) is 5.57. The number of anilines is 1. The van der Waals surface area contributed by atoms with Crippen LogP contribution in [0.3, 0.4) is 0 Å². The number of hydrogen-bond donors (Lipinski definition) is 2. The number of pyridine rings is 1. The lowest BCUT2D eigenvalue weighted by Gasteiger charge is -2.27. The van der Waals surface area contributed by atoms with E-state index in [0.29, 0.717) is 5.82 Å². The van der Waals surface area contributed by atoms with Crippen molar-refractivity contribution >= 4 is 5.82 Å². The maximum atomic E-state index is 6.13. The first-order valence-corrected chi connectivity index (χ1v) is 5.77. The molecule has 16 heavy (non-hydrogen) atoms.